The maximum absolute atomic E-state index is 12.1. The van der Waals surface area contributed by atoms with Gasteiger partial charge in [-0.3, -0.25) is 4.79 Å². The molecule has 2 rings (SSSR count). The molecule has 1 aromatic carbocycles. The van der Waals surface area contributed by atoms with E-state index in [4.69, 9.17) is 9.84 Å². The van der Waals surface area contributed by atoms with Crippen LogP contribution >= 0.6 is 0 Å². The molecule has 5 heteroatoms. The third-order valence-corrected chi connectivity index (χ3v) is 2.64. The molecule has 0 bridgehead atoms. The molecule has 5 nitrogen and oxygen atoms in total. The van der Waals surface area contributed by atoms with Gasteiger partial charge in [0.15, 0.2) is 0 Å². The molecule has 0 aliphatic carbocycles. The summed E-state index contributed by atoms with van der Waals surface area (Å²) in [5, 5.41) is 11.3. The molecule has 106 valence electrons. The van der Waals surface area contributed by atoms with Crippen LogP contribution in [-0.4, -0.2) is 29.7 Å². The van der Waals surface area contributed by atoms with E-state index in [-0.39, 0.29) is 12.5 Å². The highest BCUT2D eigenvalue weighted by molar-refractivity contribution is 6.03. The Balaban J connectivity index is 2.11. The van der Waals surface area contributed by atoms with Gasteiger partial charge in [-0.25, -0.2) is 4.98 Å². The Kier molecular flexibility index (Phi) is 4.91. The van der Waals surface area contributed by atoms with Crippen molar-refractivity contribution in [2.24, 2.45) is 0 Å². The summed E-state index contributed by atoms with van der Waals surface area (Å²) in [6.07, 6.45) is 0. The summed E-state index contributed by atoms with van der Waals surface area (Å²) in [5.74, 6) is 6.01. The van der Waals surface area contributed by atoms with E-state index >= 15 is 0 Å². The number of ether oxygens (including phenoxy) is 1. The first kappa shape index (κ1) is 14.6. The minimum Gasteiger partial charge on any atom is -0.497 e. The fraction of sp³-hybridized carbons (Fsp3) is 0.125. The van der Waals surface area contributed by atoms with Gasteiger partial charge in [0.1, 0.15) is 23.9 Å². The average molecular weight is 282 g/mol. The molecule has 0 spiro atoms. The zero-order valence-electron chi connectivity index (χ0n) is 11.5. The number of aliphatic hydroxyl groups is 1. The first-order valence-electron chi connectivity index (χ1n) is 6.25. The quantitative estimate of drug-likeness (QED) is 0.840. The molecule has 0 saturated carbocycles. The summed E-state index contributed by atoms with van der Waals surface area (Å²) >= 11 is 0. The highest BCUT2D eigenvalue weighted by atomic mass is 16.5. The van der Waals surface area contributed by atoms with Gasteiger partial charge in [-0.1, -0.05) is 12.0 Å². The van der Waals surface area contributed by atoms with Gasteiger partial charge >= 0.3 is 0 Å². The van der Waals surface area contributed by atoms with Crippen LogP contribution in [0.15, 0.2) is 42.5 Å². The van der Waals surface area contributed by atoms with Crippen LogP contribution in [0.1, 0.15) is 16.1 Å². The van der Waals surface area contributed by atoms with Gasteiger partial charge in [-0.15, -0.1) is 0 Å². The lowest BCUT2D eigenvalue weighted by atomic mass is 10.2. The van der Waals surface area contributed by atoms with E-state index in [1.54, 1.807) is 49.6 Å². The molecular formula is C16H14N2O3. The number of amides is 1. The van der Waals surface area contributed by atoms with Crippen molar-refractivity contribution in [2.75, 3.05) is 19.0 Å². The third-order valence-electron chi connectivity index (χ3n) is 2.64. The van der Waals surface area contributed by atoms with Crippen LogP contribution in [0.2, 0.25) is 0 Å². The van der Waals surface area contributed by atoms with E-state index in [0.29, 0.717) is 22.8 Å². The Hall–Kier alpha value is -2.84. The van der Waals surface area contributed by atoms with Crippen molar-refractivity contribution in [1.29, 1.82) is 0 Å². The lowest BCUT2D eigenvalue weighted by Gasteiger charge is -2.05. The number of nitrogens with one attached hydrogen (secondary N) is 1. The van der Waals surface area contributed by atoms with Gasteiger partial charge in [0.25, 0.3) is 5.91 Å². The second-order valence-electron chi connectivity index (χ2n) is 4.05. The van der Waals surface area contributed by atoms with Crippen LogP contribution in [0.3, 0.4) is 0 Å². The van der Waals surface area contributed by atoms with Crippen LogP contribution in [0, 0.1) is 11.8 Å². The maximum atomic E-state index is 12.1. The van der Waals surface area contributed by atoms with E-state index in [9.17, 15) is 4.79 Å². The van der Waals surface area contributed by atoms with Crippen LogP contribution in [0.25, 0.3) is 0 Å². The smallest absolute Gasteiger partial charge is 0.256 e. The van der Waals surface area contributed by atoms with Crippen molar-refractivity contribution >= 4 is 11.7 Å². The molecule has 21 heavy (non-hydrogen) atoms. The summed E-state index contributed by atoms with van der Waals surface area (Å²) < 4.78 is 5.04. The maximum Gasteiger partial charge on any atom is 0.256 e. The molecule has 0 fully saturated rings. The highest BCUT2D eigenvalue weighted by Crippen LogP contribution is 2.13. The molecule has 0 unspecified atom stereocenters. The molecular weight excluding hydrogens is 268 g/mol. The first-order valence-corrected chi connectivity index (χ1v) is 6.25. The van der Waals surface area contributed by atoms with Crippen molar-refractivity contribution in [2.45, 2.75) is 0 Å². The number of nitrogens with zero attached hydrogens (tertiary/aromatic N) is 1. The van der Waals surface area contributed by atoms with Crippen molar-refractivity contribution in [3.8, 4) is 17.6 Å². The molecule has 0 atom stereocenters. The monoisotopic (exact) mass is 282 g/mol. The number of hydrogen-bond donors (Lipinski definition) is 2. The van der Waals surface area contributed by atoms with Gasteiger partial charge in [0.2, 0.25) is 0 Å². The molecule has 0 saturated heterocycles. The molecule has 1 aromatic heterocycles. The SMILES string of the molecule is COc1ccc(C(=O)Nc2cccc(C#CCO)n2)cc1. The van der Waals surface area contributed by atoms with Crippen molar-refractivity contribution < 1.29 is 14.6 Å². The Labute approximate surface area is 122 Å². The van der Waals surface area contributed by atoms with Crippen LogP contribution in [0.4, 0.5) is 5.82 Å². The predicted octanol–water partition coefficient (Wildman–Crippen LogP) is 1.69. The molecule has 0 aliphatic rings. The lowest BCUT2D eigenvalue weighted by molar-refractivity contribution is 0.102. The van der Waals surface area contributed by atoms with Gasteiger partial charge in [-0.2, -0.15) is 0 Å². The van der Waals surface area contributed by atoms with Crippen LogP contribution in [0.5, 0.6) is 5.75 Å². The van der Waals surface area contributed by atoms with Gasteiger partial charge < -0.3 is 15.2 Å². The second-order valence-corrected chi connectivity index (χ2v) is 4.05. The van der Waals surface area contributed by atoms with E-state index in [0.717, 1.165) is 0 Å². The Morgan fingerprint density at radius 2 is 2.05 bits per heavy atom. The summed E-state index contributed by atoms with van der Waals surface area (Å²) in [6, 6.07) is 11.9. The Bertz CT molecular complexity index is 685. The Morgan fingerprint density at radius 3 is 2.71 bits per heavy atom. The van der Waals surface area contributed by atoms with Crippen molar-refractivity contribution in [3.05, 3.63) is 53.7 Å². The topological polar surface area (TPSA) is 71.5 Å². The van der Waals surface area contributed by atoms with E-state index in [1.165, 1.54) is 0 Å². The summed E-state index contributed by atoms with van der Waals surface area (Å²) in [5.41, 5.74) is 0.987. The highest BCUT2D eigenvalue weighted by Gasteiger charge is 2.07. The minimum absolute atomic E-state index is 0.232. The number of anilines is 1. The predicted molar refractivity (Wildman–Crippen MR) is 79.1 cm³/mol. The molecule has 2 N–H and O–H groups in total. The number of pyridine rings is 1. The second kappa shape index (κ2) is 7.08. The van der Waals surface area contributed by atoms with E-state index in [2.05, 4.69) is 22.1 Å². The molecule has 0 radical (unpaired) electrons. The third kappa shape index (κ3) is 4.06. The lowest BCUT2D eigenvalue weighted by Crippen LogP contribution is -2.13. The number of aliphatic hydroxyl groups excluding tert-OH is 1. The summed E-state index contributed by atoms with van der Waals surface area (Å²) in [4.78, 5) is 16.2. The summed E-state index contributed by atoms with van der Waals surface area (Å²) in [6.45, 7) is -0.232. The number of aromatic nitrogens is 1. The van der Waals surface area contributed by atoms with Gasteiger partial charge in [0, 0.05) is 5.56 Å². The Morgan fingerprint density at radius 1 is 1.29 bits per heavy atom. The standard InChI is InChI=1S/C16H14N2O3/c1-21-14-9-7-12(8-10-14)16(20)18-15-6-2-4-13(17-15)5-3-11-19/h2,4,6-10,19H,11H2,1H3,(H,17,18,20). The van der Waals surface area contributed by atoms with Gasteiger partial charge in [0.05, 0.1) is 7.11 Å². The number of carbonyl (C=O) groups excluding carboxylic acids is 1. The number of hydrogen-bond acceptors (Lipinski definition) is 4. The molecule has 1 heterocycles. The largest absolute Gasteiger partial charge is 0.497 e. The van der Waals surface area contributed by atoms with E-state index < -0.39 is 0 Å². The average Bonchev–Trinajstić information content (AvgIpc) is 2.53. The number of benzene rings is 1. The first-order chi connectivity index (χ1) is 10.2. The van der Waals surface area contributed by atoms with Crippen molar-refractivity contribution in [3.63, 3.8) is 0 Å². The fourth-order valence-corrected chi connectivity index (χ4v) is 1.63. The number of methoxy groups -OCH3 is 1. The number of carbonyl (C=O) groups is 1. The van der Waals surface area contributed by atoms with Crippen molar-refractivity contribution in [1.82, 2.24) is 4.98 Å². The van der Waals surface area contributed by atoms with Crippen LogP contribution in [-0.2, 0) is 0 Å². The molecule has 1 amide bonds. The summed E-state index contributed by atoms with van der Waals surface area (Å²) in [7, 11) is 1.57. The molecule has 0 aliphatic heterocycles. The molecule has 2 aromatic rings. The van der Waals surface area contributed by atoms with Gasteiger partial charge in [-0.05, 0) is 42.3 Å². The number of rotatable bonds is 3. The van der Waals surface area contributed by atoms with Crippen LogP contribution < -0.4 is 10.1 Å². The van der Waals surface area contributed by atoms with E-state index in [1.807, 2.05) is 0 Å². The zero-order chi connectivity index (χ0) is 15.1. The zero-order valence-corrected chi connectivity index (χ0v) is 11.5. The minimum atomic E-state index is -0.266. The fourth-order valence-electron chi connectivity index (χ4n) is 1.63. The normalized spacial score (nSPS) is 9.43.